The molecule has 2 N–H and O–H groups in total. The smallest absolute Gasteiger partial charge is 0.435 e. The van der Waals surface area contributed by atoms with Crippen LogP contribution in [0, 0.1) is 0 Å². The molecule has 0 fully saturated rings. The number of amides is 1. The van der Waals surface area contributed by atoms with E-state index in [4.69, 9.17) is 5.11 Å². The highest BCUT2D eigenvalue weighted by atomic mass is 19.4. The molecule has 6 nitrogen and oxygen atoms in total. The first-order valence-corrected chi connectivity index (χ1v) is 6.29. The highest BCUT2D eigenvalue weighted by molar-refractivity contribution is 5.86. The van der Waals surface area contributed by atoms with Gasteiger partial charge in [-0.2, -0.15) is 18.3 Å². The number of carbonyl (C=O) groups excluding carboxylic acids is 1. The first kappa shape index (κ1) is 17.0. The molecule has 1 aromatic heterocycles. The number of nitrogens with one attached hydrogen (secondary N) is 1. The number of halogens is 3. The number of carboxylic acid groups (broad SMARTS) is 1. The van der Waals surface area contributed by atoms with Gasteiger partial charge in [0.15, 0.2) is 5.69 Å². The van der Waals surface area contributed by atoms with Gasteiger partial charge in [0.2, 0.25) is 5.91 Å². The van der Waals surface area contributed by atoms with E-state index in [0.29, 0.717) is 0 Å². The average molecular weight is 307 g/mol. The predicted molar refractivity (Wildman–Crippen MR) is 66.3 cm³/mol. The van der Waals surface area contributed by atoms with Gasteiger partial charge in [0, 0.05) is 6.20 Å². The van der Waals surface area contributed by atoms with Crippen LogP contribution in [0.2, 0.25) is 0 Å². The number of alkyl halides is 3. The van der Waals surface area contributed by atoms with Crippen LogP contribution in [0.4, 0.5) is 13.2 Å². The van der Waals surface area contributed by atoms with Crippen LogP contribution in [0.1, 0.15) is 32.4 Å². The van der Waals surface area contributed by atoms with E-state index in [-0.39, 0.29) is 12.8 Å². The summed E-state index contributed by atoms with van der Waals surface area (Å²) in [6.07, 6.45) is -3.24. The lowest BCUT2D eigenvalue weighted by atomic mass is 9.93. The minimum absolute atomic E-state index is 0.164. The molecule has 118 valence electrons. The summed E-state index contributed by atoms with van der Waals surface area (Å²) in [6, 6.07) is 0.747. The van der Waals surface area contributed by atoms with Gasteiger partial charge in [-0.15, -0.1) is 0 Å². The zero-order chi connectivity index (χ0) is 16.3. The van der Waals surface area contributed by atoms with Crippen LogP contribution in [0.3, 0.4) is 0 Å². The van der Waals surface area contributed by atoms with Gasteiger partial charge in [0.25, 0.3) is 0 Å². The van der Waals surface area contributed by atoms with E-state index in [1.165, 1.54) is 0 Å². The number of rotatable bonds is 6. The number of nitrogens with zero attached hydrogens (tertiary/aromatic N) is 2. The molecule has 0 radical (unpaired) electrons. The lowest BCUT2D eigenvalue weighted by molar-refractivity contribution is -0.148. The molecule has 0 aliphatic heterocycles. The molecule has 9 heteroatoms. The summed E-state index contributed by atoms with van der Waals surface area (Å²) in [4.78, 5) is 23.0. The fraction of sp³-hybridized carbons (Fsp3) is 0.583. The molecule has 0 bridgehead atoms. The standard InChI is InChI=1S/C12H16F3N3O3/c1-3-11(4-2,10(20)21)16-9(19)7-18-6-5-8(17-18)12(13,14)15/h5-6H,3-4,7H2,1-2H3,(H,16,19)(H,20,21). The van der Waals surface area contributed by atoms with Gasteiger partial charge in [0.1, 0.15) is 12.1 Å². The molecule has 0 atom stereocenters. The lowest BCUT2D eigenvalue weighted by Crippen LogP contribution is -2.54. The number of aromatic nitrogens is 2. The van der Waals surface area contributed by atoms with Crippen LogP contribution in [0.15, 0.2) is 12.3 Å². The van der Waals surface area contributed by atoms with Gasteiger partial charge in [-0.1, -0.05) is 13.8 Å². The Labute approximate surface area is 118 Å². The maximum atomic E-state index is 12.4. The van der Waals surface area contributed by atoms with Crippen LogP contribution >= 0.6 is 0 Å². The van der Waals surface area contributed by atoms with Crippen LogP contribution in [-0.2, 0) is 22.3 Å². The molecule has 1 rings (SSSR count). The van der Waals surface area contributed by atoms with Crippen molar-refractivity contribution in [2.75, 3.05) is 0 Å². The van der Waals surface area contributed by atoms with Crippen molar-refractivity contribution in [2.45, 2.75) is 44.9 Å². The van der Waals surface area contributed by atoms with Crippen molar-refractivity contribution in [1.82, 2.24) is 15.1 Å². The van der Waals surface area contributed by atoms with Crippen molar-refractivity contribution in [3.05, 3.63) is 18.0 Å². The minimum Gasteiger partial charge on any atom is -0.480 e. The van der Waals surface area contributed by atoms with Crippen LogP contribution in [0.25, 0.3) is 0 Å². The van der Waals surface area contributed by atoms with Crippen molar-refractivity contribution >= 4 is 11.9 Å². The Kier molecular flexibility index (Phi) is 4.97. The summed E-state index contributed by atoms with van der Waals surface area (Å²) in [6.45, 7) is 2.73. The Hall–Kier alpha value is -2.06. The largest absolute Gasteiger partial charge is 0.480 e. The second kappa shape index (κ2) is 6.15. The van der Waals surface area contributed by atoms with Crippen LogP contribution in [0.5, 0.6) is 0 Å². The molecule has 1 aromatic rings. The van der Waals surface area contributed by atoms with Gasteiger partial charge in [-0.05, 0) is 18.9 Å². The Bertz CT molecular complexity index is 521. The molecule has 0 aromatic carbocycles. The minimum atomic E-state index is -4.58. The summed E-state index contributed by atoms with van der Waals surface area (Å²) in [5, 5.41) is 14.7. The first-order chi connectivity index (χ1) is 9.64. The van der Waals surface area contributed by atoms with E-state index in [1.807, 2.05) is 0 Å². The van der Waals surface area contributed by atoms with Gasteiger partial charge < -0.3 is 10.4 Å². The average Bonchev–Trinajstić information content (AvgIpc) is 2.84. The Morgan fingerprint density at radius 2 is 1.90 bits per heavy atom. The second-order valence-electron chi connectivity index (χ2n) is 4.54. The quantitative estimate of drug-likeness (QED) is 0.837. The number of hydrogen-bond donors (Lipinski definition) is 2. The van der Waals surface area contributed by atoms with Crippen molar-refractivity contribution in [1.29, 1.82) is 0 Å². The number of carbonyl (C=O) groups is 2. The molecule has 21 heavy (non-hydrogen) atoms. The maximum absolute atomic E-state index is 12.4. The van der Waals surface area contributed by atoms with Crippen molar-refractivity contribution in [3.8, 4) is 0 Å². The lowest BCUT2D eigenvalue weighted by Gasteiger charge is -2.27. The summed E-state index contributed by atoms with van der Waals surface area (Å²) in [5.74, 6) is -1.89. The Morgan fingerprint density at radius 1 is 1.33 bits per heavy atom. The molecule has 1 heterocycles. The number of aliphatic carboxylic acids is 1. The Morgan fingerprint density at radius 3 is 2.29 bits per heavy atom. The predicted octanol–water partition coefficient (Wildman–Crippen LogP) is 1.66. The van der Waals surface area contributed by atoms with Gasteiger partial charge in [-0.3, -0.25) is 9.48 Å². The summed E-state index contributed by atoms with van der Waals surface area (Å²) >= 11 is 0. The fourth-order valence-electron chi connectivity index (χ4n) is 1.84. The Balaban J connectivity index is 2.78. The van der Waals surface area contributed by atoms with Crippen LogP contribution < -0.4 is 5.32 Å². The molecule has 0 aliphatic carbocycles. The van der Waals surface area contributed by atoms with Crippen LogP contribution in [-0.4, -0.2) is 32.3 Å². The third-order valence-electron chi connectivity index (χ3n) is 3.23. The van der Waals surface area contributed by atoms with E-state index >= 15 is 0 Å². The van der Waals surface area contributed by atoms with E-state index in [0.717, 1.165) is 16.9 Å². The monoisotopic (exact) mass is 307 g/mol. The molecule has 0 unspecified atom stereocenters. The van der Waals surface area contributed by atoms with Crippen molar-refractivity contribution in [3.63, 3.8) is 0 Å². The fourth-order valence-corrected chi connectivity index (χ4v) is 1.84. The summed E-state index contributed by atoms with van der Waals surface area (Å²) < 4.78 is 37.9. The molecule has 0 saturated heterocycles. The highest BCUT2D eigenvalue weighted by Gasteiger charge is 2.37. The van der Waals surface area contributed by atoms with Crippen molar-refractivity contribution < 1.29 is 27.9 Å². The molecule has 1 amide bonds. The van der Waals surface area contributed by atoms with Crippen molar-refractivity contribution in [2.24, 2.45) is 0 Å². The SMILES string of the molecule is CCC(CC)(NC(=O)Cn1ccc(C(F)(F)F)n1)C(=O)O. The molecular formula is C12H16F3N3O3. The zero-order valence-corrected chi connectivity index (χ0v) is 11.6. The molecule has 0 spiro atoms. The normalized spacial score (nSPS) is 12.2. The van der Waals surface area contributed by atoms with Gasteiger partial charge in [0.05, 0.1) is 0 Å². The zero-order valence-electron chi connectivity index (χ0n) is 11.6. The summed E-state index contributed by atoms with van der Waals surface area (Å²) in [7, 11) is 0. The maximum Gasteiger partial charge on any atom is 0.435 e. The van der Waals surface area contributed by atoms with Gasteiger partial charge >= 0.3 is 12.1 Å². The van der Waals surface area contributed by atoms with Gasteiger partial charge in [-0.25, -0.2) is 4.79 Å². The molecular weight excluding hydrogens is 291 g/mol. The highest BCUT2D eigenvalue weighted by Crippen LogP contribution is 2.27. The first-order valence-electron chi connectivity index (χ1n) is 6.29. The van der Waals surface area contributed by atoms with E-state index in [9.17, 15) is 22.8 Å². The third kappa shape index (κ3) is 3.96. The number of hydrogen-bond acceptors (Lipinski definition) is 3. The van der Waals surface area contributed by atoms with E-state index in [2.05, 4.69) is 10.4 Å². The molecule has 0 aliphatic rings. The van der Waals surface area contributed by atoms with E-state index in [1.54, 1.807) is 13.8 Å². The number of carboxylic acids is 1. The second-order valence-corrected chi connectivity index (χ2v) is 4.54. The molecule has 0 saturated carbocycles. The topological polar surface area (TPSA) is 84.2 Å². The van der Waals surface area contributed by atoms with E-state index < -0.39 is 35.8 Å². The third-order valence-corrected chi connectivity index (χ3v) is 3.23. The summed E-state index contributed by atoms with van der Waals surface area (Å²) in [5.41, 5.74) is -2.53.